The maximum atomic E-state index is 12.4. The van der Waals surface area contributed by atoms with Gasteiger partial charge in [-0.3, -0.25) is 0 Å². The van der Waals surface area contributed by atoms with Crippen LogP contribution in [0.4, 0.5) is 5.82 Å². The molecule has 180 valence electrons. The lowest BCUT2D eigenvalue weighted by atomic mass is 10.00. The molecule has 0 amide bonds. The predicted molar refractivity (Wildman–Crippen MR) is 136 cm³/mol. The first-order chi connectivity index (χ1) is 16.1. The lowest BCUT2D eigenvalue weighted by Crippen LogP contribution is -2.50. The molecule has 34 heavy (non-hydrogen) atoms. The number of hydrogen-bond acceptors (Lipinski definition) is 7. The van der Waals surface area contributed by atoms with E-state index >= 15 is 0 Å². The molecule has 1 aliphatic heterocycles. The first kappa shape index (κ1) is 24.3. The normalized spacial score (nSPS) is 19.1. The van der Waals surface area contributed by atoms with Crippen molar-refractivity contribution in [2.24, 2.45) is 7.05 Å². The lowest BCUT2D eigenvalue weighted by Gasteiger charge is -2.41. The standard InChI is InChI=1S/C23H27BrClN7O2/c1-6-23(24)28-19(22(33)34)20(32(23)12(2)3)18(14-7-9-15(25)10-8-14)26-16-11-13(4)17-21(27-16)31(5)30-29-17/h7-12,18,28H,6H2,1-5H3,(H,26,27)(H,33,34). The smallest absolute Gasteiger partial charge is 0.353 e. The van der Waals surface area contributed by atoms with Crippen molar-refractivity contribution in [3.8, 4) is 0 Å². The fraction of sp³-hybridized carbons (Fsp3) is 0.391. The lowest BCUT2D eigenvalue weighted by molar-refractivity contribution is -0.133. The van der Waals surface area contributed by atoms with Gasteiger partial charge in [-0.1, -0.05) is 35.9 Å². The maximum absolute atomic E-state index is 12.4. The number of aromatic nitrogens is 4. The molecule has 9 nitrogen and oxygen atoms in total. The number of alkyl halides is 1. The van der Waals surface area contributed by atoms with Gasteiger partial charge in [0.1, 0.15) is 17.0 Å². The van der Waals surface area contributed by atoms with Gasteiger partial charge in [-0.2, -0.15) is 0 Å². The Morgan fingerprint density at radius 1 is 1.32 bits per heavy atom. The topological polar surface area (TPSA) is 108 Å². The Balaban J connectivity index is 1.91. The average Bonchev–Trinajstić information content (AvgIpc) is 3.31. The van der Waals surface area contributed by atoms with Crippen LogP contribution in [0.2, 0.25) is 5.02 Å². The van der Waals surface area contributed by atoms with Crippen molar-refractivity contribution in [3.05, 3.63) is 57.9 Å². The number of anilines is 1. The first-order valence-corrected chi connectivity index (χ1v) is 12.2. The van der Waals surface area contributed by atoms with Gasteiger partial charge in [-0.15, -0.1) is 5.10 Å². The van der Waals surface area contributed by atoms with Gasteiger partial charge in [0, 0.05) is 18.1 Å². The van der Waals surface area contributed by atoms with E-state index in [-0.39, 0.29) is 11.7 Å². The third kappa shape index (κ3) is 4.20. The molecule has 1 aliphatic rings. The van der Waals surface area contributed by atoms with E-state index in [4.69, 9.17) is 16.6 Å². The molecule has 2 unspecified atom stereocenters. The van der Waals surface area contributed by atoms with Gasteiger partial charge in [0.2, 0.25) is 0 Å². The van der Waals surface area contributed by atoms with Crippen LogP contribution >= 0.6 is 27.5 Å². The van der Waals surface area contributed by atoms with Gasteiger partial charge in [0.05, 0.1) is 11.7 Å². The van der Waals surface area contributed by atoms with Crippen molar-refractivity contribution < 1.29 is 9.90 Å². The molecular formula is C23H27BrClN7O2. The van der Waals surface area contributed by atoms with E-state index in [9.17, 15) is 9.90 Å². The quantitative estimate of drug-likeness (QED) is 0.292. The highest BCUT2D eigenvalue weighted by molar-refractivity contribution is 9.10. The maximum Gasteiger partial charge on any atom is 0.353 e. The van der Waals surface area contributed by atoms with Crippen LogP contribution < -0.4 is 10.6 Å². The molecule has 2 aromatic heterocycles. The third-order valence-corrected chi connectivity index (χ3v) is 7.33. The Kier molecular flexibility index (Phi) is 6.48. The van der Waals surface area contributed by atoms with Crippen molar-refractivity contribution in [1.29, 1.82) is 0 Å². The van der Waals surface area contributed by atoms with E-state index in [1.54, 1.807) is 23.9 Å². The van der Waals surface area contributed by atoms with E-state index in [0.717, 1.165) is 16.6 Å². The van der Waals surface area contributed by atoms with Crippen LogP contribution in [0.3, 0.4) is 0 Å². The summed E-state index contributed by atoms with van der Waals surface area (Å²) in [5, 5.41) is 25.7. The first-order valence-electron chi connectivity index (χ1n) is 11.0. The van der Waals surface area contributed by atoms with Crippen LogP contribution in [0, 0.1) is 6.92 Å². The molecule has 0 radical (unpaired) electrons. The molecular weight excluding hydrogens is 522 g/mol. The minimum absolute atomic E-state index is 0.00581. The summed E-state index contributed by atoms with van der Waals surface area (Å²) in [4.78, 5) is 19.2. The van der Waals surface area contributed by atoms with Crippen molar-refractivity contribution in [3.63, 3.8) is 0 Å². The van der Waals surface area contributed by atoms with Crippen molar-refractivity contribution in [2.45, 2.75) is 50.8 Å². The van der Waals surface area contributed by atoms with Crippen LogP contribution in [0.1, 0.15) is 44.4 Å². The molecule has 3 N–H and O–H groups in total. The zero-order chi connectivity index (χ0) is 24.8. The summed E-state index contributed by atoms with van der Waals surface area (Å²) in [6.45, 7) is 8.01. The van der Waals surface area contributed by atoms with Crippen molar-refractivity contribution in [2.75, 3.05) is 5.32 Å². The second-order valence-corrected chi connectivity index (χ2v) is 10.4. The molecule has 2 atom stereocenters. The highest BCUT2D eigenvalue weighted by Gasteiger charge is 2.47. The number of aliphatic carboxylic acids is 1. The second kappa shape index (κ2) is 9.07. The summed E-state index contributed by atoms with van der Waals surface area (Å²) in [5.74, 6) is -0.452. The summed E-state index contributed by atoms with van der Waals surface area (Å²) in [6, 6.07) is 8.73. The van der Waals surface area contributed by atoms with Crippen molar-refractivity contribution >= 4 is 50.5 Å². The molecule has 0 saturated carbocycles. The number of aryl methyl sites for hydroxylation is 2. The van der Waals surface area contributed by atoms with Gasteiger partial charge in [0.15, 0.2) is 10.2 Å². The summed E-state index contributed by atoms with van der Waals surface area (Å²) >= 11 is 9.94. The number of nitrogens with one attached hydrogen (secondary N) is 2. The fourth-order valence-electron chi connectivity index (χ4n) is 4.36. The molecule has 3 aromatic rings. The average molecular weight is 549 g/mol. The van der Waals surface area contributed by atoms with Gasteiger partial charge >= 0.3 is 5.97 Å². The molecule has 0 fully saturated rings. The number of carboxylic acid groups (broad SMARTS) is 1. The number of carboxylic acids is 1. The number of benzene rings is 1. The molecule has 0 saturated heterocycles. The zero-order valence-electron chi connectivity index (χ0n) is 19.6. The Hall–Kier alpha value is -2.85. The SMILES string of the molecule is CCC1(Br)NC(C(=O)O)=C(C(Nc2cc(C)c3nnn(C)c3n2)c2ccc(Cl)cc2)N1C(C)C. The van der Waals surface area contributed by atoms with Gasteiger partial charge < -0.3 is 20.6 Å². The molecule has 0 aliphatic carbocycles. The number of rotatable bonds is 7. The second-order valence-electron chi connectivity index (χ2n) is 8.61. The number of nitrogens with zero attached hydrogens (tertiary/aromatic N) is 5. The van der Waals surface area contributed by atoms with Gasteiger partial charge in [-0.05, 0) is 72.4 Å². The monoisotopic (exact) mass is 547 g/mol. The fourth-order valence-corrected chi connectivity index (χ4v) is 5.28. The largest absolute Gasteiger partial charge is 0.477 e. The van der Waals surface area contributed by atoms with Crippen molar-refractivity contribution in [1.82, 2.24) is 30.2 Å². The summed E-state index contributed by atoms with van der Waals surface area (Å²) in [5.41, 5.74) is 3.85. The van der Waals surface area contributed by atoms with Crippen LogP contribution in [-0.4, -0.2) is 46.6 Å². The minimum Gasteiger partial charge on any atom is -0.477 e. The summed E-state index contributed by atoms with van der Waals surface area (Å²) in [6.07, 6.45) is 0.628. The van der Waals surface area contributed by atoms with E-state index in [1.807, 2.05) is 45.9 Å². The summed E-state index contributed by atoms with van der Waals surface area (Å²) < 4.78 is 0.876. The Labute approximate surface area is 211 Å². The van der Waals surface area contributed by atoms with Crippen LogP contribution in [0.15, 0.2) is 41.7 Å². The molecule has 4 rings (SSSR count). The van der Waals surface area contributed by atoms with E-state index < -0.39 is 16.6 Å². The zero-order valence-corrected chi connectivity index (χ0v) is 21.9. The Morgan fingerprint density at radius 3 is 2.59 bits per heavy atom. The van der Waals surface area contributed by atoms with Gasteiger partial charge in [0.25, 0.3) is 0 Å². The number of fused-ring (bicyclic) bond motifs is 1. The van der Waals surface area contributed by atoms with E-state index in [2.05, 4.69) is 41.8 Å². The molecule has 11 heteroatoms. The number of carbonyl (C=O) groups is 1. The number of hydrogen-bond donors (Lipinski definition) is 3. The minimum atomic E-state index is -1.04. The number of halogens is 2. The molecule has 3 heterocycles. The Morgan fingerprint density at radius 2 is 2.00 bits per heavy atom. The molecule has 1 aromatic carbocycles. The Bertz CT molecular complexity index is 1270. The summed E-state index contributed by atoms with van der Waals surface area (Å²) in [7, 11) is 1.79. The molecule has 0 bridgehead atoms. The van der Waals surface area contributed by atoms with E-state index in [1.165, 1.54) is 0 Å². The molecule has 0 spiro atoms. The van der Waals surface area contributed by atoms with E-state index in [0.29, 0.717) is 28.6 Å². The number of pyridine rings is 1. The highest BCUT2D eigenvalue weighted by atomic mass is 79.9. The van der Waals surface area contributed by atoms with Crippen LogP contribution in [0.5, 0.6) is 0 Å². The highest BCUT2D eigenvalue weighted by Crippen LogP contribution is 2.44. The van der Waals surface area contributed by atoms with Crippen LogP contribution in [-0.2, 0) is 11.8 Å². The van der Waals surface area contributed by atoms with Gasteiger partial charge in [-0.25, -0.2) is 14.5 Å². The third-order valence-electron chi connectivity index (χ3n) is 5.93. The predicted octanol–water partition coefficient (Wildman–Crippen LogP) is 4.55. The van der Waals surface area contributed by atoms with Crippen LogP contribution in [0.25, 0.3) is 11.2 Å².